The molecule has 1 nitrogen and oxygen atoms in total. The Morgan fingerprint density at radius 1 is 1.54 bits per heavy atom. The van der Waals surface area contributed by atoms with E-state index in [0.29, 0.717) is 6.61 Å². The van der Waals surface area contributed by atoms with Crippen molar-refractivity contribution in [3.05, 3.63) is 21.9 Å². The van der Waals surface area contributed by atoms with E-state index in [0.717, 1.165) is 12.8 Å². The van der Waals surface area contributed by atoms with Crippen molar-refractivity contribution in [2.75, 3.05) is 6.61 Å². The maximum Gasteiger partial charge on any atom is 0.0490 e. The van der Waals surface area contributed by atoms with Crippen LogP contribution in [0.5, 0.6) is 0 Å². The molecule has 1 fully saturated rings. The average molecular weight is 196 g/mol. The van der Waals surface area contributed by atoms with E-state index in [9.17, 15) is 5.11 Å². The largest absolute Gasteiger partial charge is 0.396 e. The zero-order valence-electron chi connectivity index (χ0n) is 8.05. The lowest BCUT2D eigenvalue weighted by molar-refractivity contribution is 0.211. The van der Waals surface area contributed by atoms with Crippen LogP contribution in [0.15, 0.2) is 11.4 Å². The number of rotatable bonds is 4. The molecule has 0 amide bonds. The number of aryl methyl sites for hydroxylation is 1. The minimum atomic E-state index is 0.273. The van der Waals surface area contributed by atoms with Crippen LogP contribution >= 0.6 is 11.3 Å². The van der Waals surface area contributed by atoms with Crippen LogP contribution in [0.3, 0.4) is 0 Å². The molecule has 0 aliphatic heterocycles. The van der Waals surface area contributed by atoms with E-state index >= 15 is 0 Å². The molecule has 1 aromatic heterocycles. The fourth-order valence-corrected chi connectivity index (χ4v) is 2.90. The first-order chi connectivity index (χ1) is 6.29. The van der Waals surface area contributed by atoms with Gasteiger partial charge in [0.05, 0.1) is 0 Å². The average Bonchev–Trinajstić information content (AvgIpc) is 2.78. The first kappa shape index (κ1) is 9.22. The van der Waals surface area contributed by atoms with Crippen molar-refractivity contribution >= 4 is 11.3 Å². The fraction of sp³-hybridized carbons (Fsp3) is 0.636. The standard InChI is InChI=1S/C11H16OS/c1-2-9-3-6-13-10(9)7-11(8-12)4-5-11/h3,6,12H,2,4-5,7-8H2,1H3. The van der Waals surface area contributed by atoms with Gasteiger partial charge in [0.1, 0.15) is 0 Å². The molecule has 2 heteroatoms. The lowest BCUT2D eigenvalue weighted by Gasteiger charge is -2.10. The molecular weight excluding hydrogens is 180 g/mol. The molecule has 1 heterocycles. The summed E-state index contributed by atoms with van der Waals surface area (Å²) in [5.41, 5.74) is 1.75. The van der Waals surface area contributed by atoms with Crippen molar-refractivity contribution in [2.24, 2.45) is 5.41 Å². The molecule has 1 aliphatic rings. The molecule has 1 N–H and O–H groups in total. The van der Waals surface area contributed by atoms with Crippen LogP contribution in [0.1, 0.15) is 30.2 Å². The number of aliphatic hydroxyl groups excluding tert-OH is 1. The van der Waals surface area contributed by atoms with Crippen molar-refractivity contribution in [1.82, 2.24) is 0 Å². The predicted octanol–water partition coefficient (Wildman–Crippen LogP) is 2.63. The van der Waals surface area contributed by atoms with Crippen LogP contribution in [0.4, 0.5) is 0 Å². The summed E-state index contributed by atoms with van der Waals surface area (Å²) in [7, 11) is 0. The fourth-order valence-electron chi connectivity index (χ4n) is 1.75. The summed E-state index contributed by atoms with van der Waals surface area (Å²) in [5.74, 6) is 0. The van der Waals surface area contributed by atoms with Crippen LogP contribution in [0.25, 0.3) is 0 Å². The van der Waals surface area contributed by atoms with Gasteiger partial charge in [0.2, 0.25) is 0 Å². The van der Waals surface area contributed by atoms with Crippen LogP contribution in [-0.4, -0.2) is 11.7 Å². The molecule has 72 valence electrons. The van der Waals surface area contributed by atoms with E-state index < -0.39 is 0 Å². The second-order valence-corrected chi connectivity index (χ2v) is 5.06. The number of hydrogen-bond donors (Lipinski definition) is 1. The molecule has 13 heavy (non-hydrogen) atoms. The molecule has 0 radical (unpaired) electrons. The van der Waals surface area contributed by atoms with Gasteiger partial charge in [0.25, 0.3) is 0 Å². The van der Waals surface area contributed by atoms with E-state index in [-0.39, 0.29) is 5.41 Å². The van der Waals surface area contributed by atoms with Gasteiger partial charge in [-0.1, -0.05) is 6.92 Å². The Labute approximate surface area is 83.4 Å². The summed E-state index contributed by atoms with van der Waals surface area (Å²) >= 11 is 1.85. The summed E-state index contributed by atoms with van der Waals surface area (Å²) in [5, 5.41) is 11.4. The highest BCUT2D eigenvalue weighted by Crippen LogP contribution is 2.48. The topological polar surface area (TPSA) is 20.2 Å². The van der Waals surface area contributed by atoms with Gasteiger partial charge in [-0.2, -0.15) is 0 Å². The zero-order valence-corrected chi connectivity index (χ0v) is 8.86. The Kier molecular flexibility index (Phi) is 2.43. The summed E-state index contributed by atoms with van der Waals surface area (Å²) < 4.78 is 0. The molecule has 1 aromatic rings. The summed E-state index contributed by atoms with van der Waals surface area (Å²) in [6.07, 6.45) is 4.65. The Morgan fingerprint density at radius 3 is 2.85 bits per heavy atom. The number of thiophene rings is 1. The molecule has 0 saturated heterocycles. The molecule has 0 spiro atoms. The number of hydrogen-bond acceptors (Lipinski definition) is 2. The third kappa shape index (κ3) is 1.79. The second-order valence-electron chi connectivity index (χ2n) is 4.06. The van der Waals surface area contributed by atoms with Gasteiger partial charge in [-0.15, -0.1) is 11.3 Å². The van der Waals surface area contributed by atoms with Gasteiger partial charge in [0, 0.05) is 11.5 Å². The lowest BCUT2D eigenvalue weighted by atomic mass is 10.00. The normalized spacial score (nSPS) is 18.9. The van der Waals surface area contributed by atoms with E-state index in [1.165, 1.54) is 23.3 Å². The highest BCUT2D eigenvalue weighted by atomic mass is 32.1. The maximum atomic E-state index is 9.22. The zero-order chi connectivity index (χ0) is 9.31. The quantitative estimate of drug-likeness (QED) is 0.785. The third-order valence-electron chi connectivity index (χ3n) is 3.05. The first-order valence-corrected chi connectivity index (χ1v) is 5.84. The van der Waals surface area contributed by atoms with E-state index in [1.54, 1.807) is 0 Å². The van der Waals surface area contributed by atoms with Crippen molar-refractivity contribution in [3.8, 4) is 0 Å². The van der Waals surface area contributed by atoms with Crippen LogP contribution in [0, 0.1) is 5.41 Å². The summed E-state index contributed by atoms with van der Waals surface area (Å²) in [6, 6.07) is 2.22. The Hall–Kier alpha value is -0.340. The van der Waals surface area contributed by atoms with Crippen molar-refractivity contribution < 1.29 is 5.11 Å². The van der Waals surface area contributed by atoms with Gasteiger partial charge in [-0.25, -0.2) is 0 Å². The first-order valence-electron chi connectivity index (χ1n) is 4.96. The van der Waals surface area contributed by atoms with E-state index in [4.69, 9.17) is 0 Å². The molecule has 2 rings (SSSR count). The summed E-state index contributed by atoms with van der Waals surface area (Å²) in [4.78, 5) is 1.49. The van der Waals surface area contributed by atoms with Crippen LogP contribution < -0.4 is 0 Å². The minimum absolute atomic E-state index is 0.273. The SMILES string of the molecule is CCc1ccsc1CC1(CO)CC1. The Balaban J connectivity index is 2.09. The van der Waals surface area contributed by atoms with Crippen molar-refractivity contribution in [2.45, 2.75) is 32.6 Å². The maximum absolute atomic E-state index is 9.22. The second kappa shape index (κ2) is 3.43. The molecule has 0 aromatic carbocycles. The van der Waals surface area contributed by atoms with Crippen LogP contribution in [0.2, 0.25) is 0 Å². The van der Waals surface area contributed by atoms with E-state index in [1.807, 2.05) is 11.3 Å². The van der Waals surface area contributed by atoms with Crippen molar-refractivity contribution in [1.29, 1.82) is 0 Å². The summed E-state index contributed by atoms with van der Waals surface area (Å²) in [6.45, 7) is 2.57. The van der Waals surface area contributed by atoms with Gasteiger partial charge < -0.3 is 5.11 Å². The highest BCUT2D eigenvalue weighted by Gasteiger charge is 2.42. The molecule has 0 unspecified atom stereocenters. The van der Waals surface area contributed by atoms with Gasteiger partial charge in [0.15, 0.2) is 0 Å². The number of aliphatic hydroxyl groups is 1. The monoisotopic (exact) mass is 196 g/mol. The molecule has 0 bridgehead atoms. The van der Waals surface area contributed by atoms with Gasteiger partial charge in [-0.05, 0) is 48.1 Å². The van der Waals surface area contributed by atoms with Gasteiger partial charge >= 0.3 is 0 Å². The molecule has 1 aliphatic carbocycles. The minimum Gasteiger partial charge on any atom is -0.396 e. The lowest BCUT2D eigenvalue weighted by Crippen LogP contribution is -2.09. The molecule has 1 saturated carbocycles. The third-order valence-corrected chi connectivity index (χ3v) is 4.01. The Bertz CT molecular complexity index is 286. The van der Waals surface area contributed by atoms with Crippen LogP contribution in [-0.2, 0) is 12.8 Å². The highest BCUT2D eigenvalue weighted by molar-refractivity contribution is 7.10. The van der Waals surface area contributed by atoms with Gasteiger partial charge in [-0.3, -0.25) is 0 Å². The molecular formula is C11H16OS. The molecule has 0 atom stereocenters. The Morgan fingerprint density at radius 2 is 2.31 bits per heavy atom. The smallest absolute Gasteiger partial charge is 0.0490 e. The van der Waals surface area contributed by atoms with Crippen molar-refractivity contribution in [3.63, 3.8) is 0 Å². The van der Waals surface area contributed by atoms with E-state index in [2.05, 4.69) is 18.4 Å². The predicted molar refractivity (Wildman–Crippen MR) is 56.2 cm³/mol.